The highest BCUT2D eigenvalue weighted by atomic mass is 32.1. The fourth-order valence-electron chi connectivity index (χ4n) is 3.32. The highest BCUT2D eigenvalue weighted by Crippen LogP contribution is 2.33. The molecule has 1 fully saturated rings. The first-order valence-corrected chi connectivity index (χ1v) is 9.87. The first kappa shape index (κ1) is 18.5. The number of rotatable bonds is 7. The average molecular weight is 372 g/mol. The van der Waals surface area contributed by atoms with Crippen molar-refractivity contribution in [3.8, 4) is 5.75 Å². The standard InChI is InChI=1S/C20H24N2O3S/c1-25-17-8-6-15(7-9-17)18-4-3-12-22(18)19(23)5-2-11-21-20(24)16-10-13-26-14-16/h6-10,13-14,18H,2-5,11-12H2,1H3,(H,21,24). The van der Waals surface area contributed by atoms with Crippen LogP contribution in [0.15, 0.2) is 41.1 Å². The number of hydrogen-bond acceptors (Lipinski definition) is 4. The minimum Gasteiger partial charge on any atom is -0.497 e. The summed E-state index contributed by atoms with van der Waals surface area (Å²) in [6, 6.07) is 9.90. The quantitative estimate of drug-likeness (QED) is 0.755. The highest BCUT2D eigenvalue weighted by molar-refractivity contribution is 7.08. The molecule has 2 aromatic rings. The molecular formula is C20H24N2O3S. The van der Waals surface area contributed by atoms with E-state index in [0.29, 0.717) is 24.9 Å². The van der Waals surface area contributed by atoms with Gasteiger partial charge in [-0.2, -0.15) is 11.3 Å². The van der Waals surface area contributed by atoms with Crippen molar-refractivity contribution in [2.45, 2.75) is 31.7 Å². The van der Waals surface area contributed by atoms with E-state index in [0.717, 1.165) is 30.7 Å². The van der Waals surface area contributed by atoms with Crippen molar-refractivity contribution >= 4 is 23.2 Å². The third-order valence-corrected chi connectivity index (χ3v) is 5.39. The Hall–Kier alpha value is -2.34. The molecule has 1 aromatic heterocycles. The molecule has 1 atom stereocenters. The molecule has 1 N–H and O–H groups in total. The number of amides is 2. The van der Waals surface area contributed by atoms with Crippen LogP contribution in [-0.2, 0) is 4.79 Å². The van der Waals surface area contributed by atoms with Crippen LogP contribution in [0.4, 0.5) is 0 Å². The summed E-state index contributed by atoms with van der Waals surface area (Å²) in [5, 5.41) is 6.57. The van der Waals surface area contributed by atoms with Crippen LogP contribution in [0.5, 0.6) is 5.75 Å². The molecule has 1 unspecified atom stereocenters. The monoisotopic (exact) mass is 372 g/mol. The summed E-state index contributed by atoms with van der Waals surface area (Å²) in [5.74, 6) is 0.912. The maximum absolute atomic E-state index is 12.6. The summed E-state index contributed by atoms with van der Waals surface area (Å²) in [6.07, 6.45) is 3.13. The smallest absolute Gasteiger partial charge is 0.252 e. The lowest BCUT2D eigenvalue weighted by molar-refractivity contribution is -0.132. The summed E-state index contributed by atoms with van der Waals surface area (Å²) in [4.78, 5) is 26.5. The van der Waals surface area contributed by atoms with Gasteiger partial charge in [-0.25, -0.2) is 0 Å². The molecule has 5 nitrogen and oxygen atoms in total. The number of thiophene rings is 1. The first-order chi connectivity index (χ1) is 12.7. The lowest BCUT2D eigenvalue weighted by atomic mass is 10.0. The van der Waals surface area contributed by atoms with Gasteiger partial charge in [0.1, 0.15) is 5.75 Å². The van der Waals surface area contributed by atoms with Crippen molar-refractivity contribution in [3.05, 3.63) is 52.2 Å². The predicted octanol–water partition coefficient (Wildman–Crippen LogP) is 3.63. The van der Waals surface area contributed by atoms with Crippen molar-refractivity contribution in [1.29, 1.82) is 0 Å². The summed E-state index contributed by atoms with van der Waals surface area (Å²) in [5.41, 5.74) is 1.84. The maximum Gasteiger partial charge on any atom is 0.252 e. The average Bonchev–Trinajstić information content (AvgIpc) is 3.37. The Bertz CT molecular complexity index is 728. The van der Waals surface area contributed by atoms with Crippen molar-refractivity contribution in [2.75, 3.05) is 20.2 Å². The van der Waals surface area contributed by atoms with Crippen molar-refractivity contribution in [3.63, 3.8) is 0 Å². The van der Waals surface area contributed by atoms with Gasteiger partial charge in [0.25, 0.3) is 5.91 Å². The minimum atomic E-state index is -0.0732. The van der Waals surface area contributed by atoms with Gasteiger partial charge in [0, 0.05) is 30.5 Å². The van der Waals surface area contributed by atoms with Gasteiger partial charge in [-0.3, -0.25) is 9.59 Å². The Labute approximate surface area is 158 Å². The molecule has 1 aliphatic heterocycles. The van der Waals surface area contributed by atoms with E-state index in [9.17, 15) is 9.59 Å². The zero-order chi connectivity index (χ0) is 18.4. The molecule has 0 saturated carbocycles. The fraction of sp³-hybridized carbons (Fsp3) is 0.400. The summed E-state index contributed by atoms with van der Waals surface area (Å²) in [7, 11) is 1.65. The Kier molecular flexibility index (Phi) is 6.28. The minimum absolute atomic E-state index is 0.0732. The SMILES string of the molecule is COc1ccc(C2CCCN2C(=O)CCCNC(=O)c2ccsc2)cc1. The van der Waals surface area contributed by atoms with Crippen LogP contribution >= 0.6 is 11.3 Å². The molecule has 1 saturated heterocycles. The molecule has 138 valence electrons. The third kappa shape index (κ3) is 4.43. The van der Waals surface area contributed by atoms with E-state index in [1.54, 1.807) is 13.2 Å². The van der Waals surface area contributed by atoms with Crippen LogP contribution in [0.2, 0.25) is 0 Å². The lowest BCUT2D eigenvalue weighted by Crippen LogP contribution is -2.31. The highest BCUT2D eigenvalue weighted by Gasteiger charge is 2.29. The molecule has 3 rings (SSSR count). The zero-order valence-electron chi connectivity index (χ0n) is 14.9. The molecule has 0 aliphatic carbocycles. The van der Waals surface area contributed by atoms with E-state index in [4.69, 9.17) is 4.74 Å². The normalized spacial score (nSPS) is 16.5. The molecule has 0 bridgehead atoms. The first-order valence-electron chi connectivity index (χ1n) is 8.93. The Morgan fingerprint density at radius 1 is 1.27 bits per heavy atom. The lowest BCUT2D eigenvalue weighted by Gasteiger charge is -2.25. The summed E-state index contributed by atoms with van der Waals surface area (Å²) >= 11 is 1.50. The van der Waals surface area contributed by atoms with Crippen LogP contribution in [0.3, 0.4) is 0 Å². The zero-order valence-corrected chi connectivity index (χ0v) is 15.8. The van der Waals surface area contributed by atoms with Gasteiger partial charge in [-0.15, -0.1) is 0 Å². The van der Waals surface area contributed by atoms with E-state index in [1.165, 1.54) is 11.3 Å². The van der Waals surface area contributed by atoms with Gasteiger partial charge in [-0.05, 0) is 48.4 Å². The molecule has 0 spiro atoms. The molecular weight excluding hydrogens is 348 g/mol. The molecule has 2 amide bonds. The number of methoxy groups -OCH3 is 1. The van der Waals surface area contributed by atoms with Gasteiger partial charge < -0.3 is 15.0 Å². The second kappa shape index (κ2) is 8.85. The van der Waals surface area contributed by atoms with E-state index < -0.39 is 0 Å². The molecule has 2 heterocycles. The van der Waals surface area contributed by atoms with Crippen molar-refractivity contribution in [1.82, 2.24) is 10.2 Å². The predicted molar refractivity (Wildman–Crippen MR) is 103 cm³/mol. The number of carbonyl (C=O) groups is 2. The van der Waals surface area contributed by atoms with E-state index in [1.807, 2.05) is 39.9 Å². The Morgan fingerprint density at radius 2 is 2.08 bits per heavy atom. The molecule has 0 radical (unpaired) electrons. The number of hydrogen-bond donors (Lipinski definition) is 1. The van der Waals surface area contributed by atoms with E-state index >= 15 is 0 Å². The molecule has 26 heavy (non-hydrogen) atoms. The molecule has 6 heteroatoms. The van der Waals surface area contributed by atoms with Crippen LogP contribution in [0.1, 0.15) is 47.6 Å². The van der Waals surface area contributed by atoms with Crippen LogP contribution in [0, 0.1) is 0 Å². The number of nitrogens with one attached hydrogen (secondary N) is 1. The fourth-order valence-corrected chi connectivity index (χ4v) is 3.95. The van der Waals surface area contributed by atoms with Gasteiger partial charge in [0.2, 0.25) is 5.91 Å². The number of carbonyl (C=O) groups excluding carboxylic acids is 2. The maximum atomic E-state index is 12.6. The topological polar surface area (TPSA) is 58.6 Å². The summed E-state index contributed by atoms with van der Waals surface area (Å²) in [6.45, 7) is 1.32. The summed E-state index contributed by atoms with van der Waals surface area (Å²) < 4.78 is 5.20. The number of benzene rings is 1. The van der Waals surface area contributed by atoms with Gasteiger partial charge in [0.05, 0.1) is 13.2 Å². The Morgan fingerprint density at radius 3 is 2.77 bits per heavy atom. The van der Waals surface area contributed by atoms with Gasteiger partial charge in [0.15, 0.2) is 0 Å². The number of ether oxygens (including phenoxy) is 1. The molecule has 1 aromatic carbocycles. The van der Waals surface area contributed by atoms with Crippen molar-refractivity contribution in [2.24, 2.45) is 0 Å². The largest absolute Gasteiger partial charge is 0.497 e. The second-order valence-corrected chi connectivity index (χ2v) is 7.17. The molecule has 1 aliphatic rings. The van der Waals surface area contributed by atoms with Crippen LogP contribution in [0.25, 0.3) is 0 Å². The Balaban J connectivity index is 1.48. The second-order valence-electron chi connectivity index (χ2n) is 6.39. The van der Waals surface area contributed by atoms with Crippen LogP contribution < -0.4 is 10.1 Å². The number of likely N-dealkylation sites (tertiary alicyclic amines) is 1. The van der Waals surface area contributed by atoms with E-state index in [2.05, 4.69) is 5.32 Å². The third-order valence-electron chi connectivity index (χ3n) is 4.71. The van der Waals surface area contributed by atoms with Gasteiger partial charge >= 0.3 is 0 Å². The van der Waals surface area contributed by atoms with Crippen LogP contribution in [-0.4, -0.2) is 36.9 Å². The van der Waals surface area contributed by atoms with Crippen molar-refractivity contribution < 1.29 is 14.3 Å². The van der Waals surface area contributed by atoms with Gasteiger partial charge in [-0.1, -0.05) is 12.1 Å². The van der Waals surface area contributed by atoms with E-state index in [-0.39, 0.29) is 17.9 Å². The number of nitrogens with zero attached hydrogens (tertiary/aromatic N) is 1.